The minimum absolute atomic E-state index is 0.306. The van der Waals surface area contributed by atoms with Gasteiger partial charge in [-0.15, -0.1) is 5.10 Å². The van der Waals surface area contributed by atoms with E-state index in [1.54, 1.807) is 18.2 Å². The molecular weight excluding hydrogens is 747 g/mol. The van der Waals surface area contributed by atoms with Gasteiger partial charge in [-0.3, -0.25) is 0 Å². The van der Waals surface area contributed by atoms with Crippen LogP contribution in [-0.2, 0) is 19.4 Å². The molecule has 0 radical (unpaired) electrons. The average molecular weight is 802 g/mol. The van der Waals surface area contributed by atoms with Crippen LogP contribution in [0.2, 0.25) is 0 Å². The molecule has 3 aliphatic rings. The van der Waals surface area contributed by atoms with Gasteiger partial charge in [0.1, 0.15) is 0 Å². The summed E-state index contributed by atoms with van der Waals surface area (Å²) in [5.74, 6) is 0.306. The van der Waals surface area contributed by atoms with Crippen LogP contribution >= 0.6 is 0 Å². The Morgan fingerprint density at radius 3 is 2.15 bits per heavy atom. The zero-order chi connectivity index (χ0) is 42.6. The number of nitrogens with zero attached hydrogens (tertiary/aromatic N) is 3. The summed E-state index contributed by atoms with van der Waals surface area (Å²) in [6.07, 6.45) is 32.0. The number of benzene rings is 4. The van der Waals surface area contributed by atoms with Gasteiger partial charge in [0.05, 0.1) is 11.4 Å². The predicted molar refractivity (Wildman–Crippen MR) is 261 cm³/mol. The molecule has 0 saturated heterocycles. The molecule has 306 valence electrons. The summed E-state index contributed by atoms with van der Waals surface area (Å²) < 4.78 is 2.44. The monoisotopic (exact) mass is 801 g/mol. The minimum Gasteiger partial charge on any atom is -0.398 e. The smallest absolute Gasteiger partial charge is 0.152 e. The van der Waals surface area contributed by atoms with Crippen LogP contribution in [0.25, 0.3) is 40.6 Å². The number of nitrogen functional groups attached to an aromatic ring is 1. The van der Waals surface area contributed by atoms with Crippen molar-refractivity contribution in [2.75, 3.05) is 10.7 Å². The molecule has 0 saturated carbocycles. The summed E-state index contributed by atoms with van der Waals surface area (Å²) in [7, 11) is 0. The third kappa shape index (κ3) is 9.93. The minimum atomic E-state index is 0.306. The Labute approximate surface area is 361 Å². The number of hydrogen-bond acceptors (Lipinski definition) is 5. The third-order valence-electron chi connectivity index (χ3n) is 11.0. The van der Waals surface area contributed by atoms with E-state index in [2.05, 4.69) is 138 Å². The summed E-state index contributed by atoms with van der Waals surface area (Å²) >= 11 is 0. The van der Waals surface area contributed by atoms with E-state index in [9.17, 15) is 0 Å². The van der Waals surface area contributed by atoms with E-state index in [0.717, 1.165) is 77.0 Å². The number of hydrazone groups is 1. The van der Waals surface area contributed by atoms with Gasteiger partial charge in [-0.05, 0) is 144 Å². The lowest BCUT2D eigenvalue weighted by molar-refractivity contribution is 0.732. The van der Waals surface area contributed by atoms with E-state index < -0.39 is 0 Å². The molecule has 0 atom stereocenters. The highest BCUT2D eigenvalue weighted by Gasteiger charge is 2.23. The van der Waals surface area contributed by atoms with Crippen LogP contribution in [0.5, 0.6) is 0 Å². The Kier molecular flexibility index (Phi) is 13.8. The summed E-state index contributed by atoms with van der Waals surface area (Å²) in [5.41, 5.74) is 38.1. The lowest BCUT2D eigenvalue weighted by atomic mass is 9.94. The maximum absolute atomic E-state index is 6.55. The van der Waals surface area contributed by atoms with Crippen molar-refractivity contribution >= 4 is 41.0 Å². The molecule has 4 aromatic carbocycles. The van der Waals surface area contributed by atoms with Crippen molar-refractivity contribution in [2.45, 2.75) is 45.6 Å². The first-order valence-electron chi connectivity index (χ1n) is 20.9. The molecule has 0 unspecified atom stereocenters. The normalized spacial score (nSPS) is 14.5. The summed E-state index contributed by atoms with van der Waals surface area (Å²) in [6, 6.07) is 33.5. The average Bonchev–Trinajstić information content (AvgIpc) is 3.41. The number of aromatic nitrogens is 1. The molecule has 7 heteroatoms. The molecule has 3 aliphatic carbocycles. The summed E-state index contributed by atoms with van der Waals surface area (Å²) in [4.78, 5) is 0. The Bertz CT molecular complexity index is 2570. The Morgan fingerprint density at radius 2 is 1.51 bits per heavy atom. The molecule has 0 fully saturated rings. The number of fused-ring (bicyclic) bond motifs is 3. The molecular formula is C54H55N7. The van der Waals surface area contributed by atoms with Gasteiger partial charge in [0.2, 0.25) is 0 Å². The van der Waals surface area contributed by atoms with E-state index in [-0.39, 0.29) is 0 Å². The van der Waals surface area contributed by atoms with Crippen molar-refractivity contribution in [2.24, 2.45) is 16.6 Å². The van der Waals surface area contributed by atoms with Crippen molar-refractivity contribution in [1.82, 2.24) is 10.1 Å². The van der Waals surface area contributed by atoms with Crippen LogP contribution in [0.1, 0.15) is 65.4 Å². The topological polar surface area (TPSA) is 111 Å². The van der Waals surface area contributed by atoms with E-state index in [1.807, 2.05) is 59.6 Å². The number of rotatable bonds is 12. The van der Waals surface area contributed by atoms with Gasteiger partial charge >= 0.3 is 0 Å². The van der Waals surface area contributed by atoms with Crippen LogP contribution < -0.4 is 27.7 Å². The largest absolute Gasteiger partial charge is 0.398 e. The second-order valence-corrected chi connectivity index (χ2v) is 15.0. The third-order valence-corrected chi connectivity index (χ3v) is 11.0. The van der Waals surface area contributed by atoms with Crippen molar-refractivity contribution < 1.29 is 0 Å². The van der Waals surface area contributed by atoms with Crippen LogP contribution in [0, 0.1) is 0 Å². The van der Waals surface area contributed by atoms with Crippen LogP contribution in [0.3, 0.4) is 0 Å². The number of nitrogens with two attached hydrogens (primary N) is 3. The fourth-order valence-corrected chi connectivity index (χ4v) is 7.78. The number of amidine groups is 1. The molecule has 8 rings (SSSR count). The number of hydrazine groups is 1. The Hall–Kier alpha value is -7.35. The van der Waals surface area contributed by atoms with Gasteiger partial charge in [-0.1, -0.05) is 129 Å². The van der Waals surface area contributed by atoms with Gasteiger partial charge in [0.25, 0.3) is 0 Å². The van der Waals surface area contributed by atoms with E-state index >= 15 is 0 Å². The number of hydrogen-bond donors (Lipinski definition) is 4. The fraction of sp³-hybridized carbons (Fsp3) is 0.130. The maximum atomic E-state index is 6.55. The van der Waals surface area contributed by atoms with E-state index in [1.165, 1.54) is 33.8 Å². The molecule has 5 aromatic rings. The predicted octanol–water partition coefficient (Wildman–Crippen LogP) is 11.6. The van der Waals surface area contributed by atoms with Gasteiger partial charge in [0.15, 0.2) is 5.84 Å². The Balaban J connectivity index is 0.000000630. The lowest BCUT2D eigenvalue weighted by Gasteiger charge is -2.25. The second-order valence-electron chi connectivity index (χ2n) is 15.0. The highest BCUT2D eigenvalue weighted by molar-refractivity contribution is 5.99. The molecule has 0 amide bonds. The zero-order valence-corrected chi connectivity index (χ0v) is 35.0. The first kappa shape index (κ1) is 41.8. The van der Waals surface area contributed by atoms with Crippen molar-refractivity contribution in [3.05, 3.63) is 221 Å². The quantitative estimate of drug-likeness (QED) is 0.0251. The summed E-state index contributed by atoms with van der Waals surface area (Å²) in [6.45, 7) is 10.3. The fourth-order valence-electron chi connectivity index (χ4n) is 7.78. The zero-order valence-electron chi connectivity index (χ0n) is 35.0. The molecule has 61 heavy (non-hydrogen) atoms. The molecule has 7 N–H and O–H groups in total. The standard InChI is InChI=1S/C47H46N6.C7H9N/c1-4-14-34(5-2)47(49)50-51-53(40-15-8-6-7-9-16-40)41-28-21-35(22-29-41)33(3)31-38-32-37(25-30-44(38)48)36-23-26-39(27-24-36)52-45-19-12-10-17-42(45)43-18-11-13-20-46(43)52;8-6-7-4-2-1-3-5-7/h4-8,12-16,19-32,51H,1-2,9-11,17-18,48H2,3H3,(H2,49,50);1-5H,6,8H2/b33-31+,34-14+;. The number of nitrogens with one attached hydrogen (secondary N) is 1. The molecule has 1 heterocycles. The maximum Gasteiger partial charge on any atom is 0.152 e. The lowest BCUT2D eigenvalue weighted by Crippen LogP contribution is -2.35. The van der Waals surface area contributed by atoms with Gasteiger partial charge in [0, 0.05) is 34.9 Å². The van der Waals surface area contributed by atoms with Crippen LogP contribution in [-0.4, -0.2) is 10.4 Å². The Morgan fingerprint density at radius 1 is 0.820 bits per heavy atom. The number of allylic oxidation sites excluding steroid dienone is 10. The first-order valence-corrected chi connectivity index (χ1v) is 20.9. The van der Waals surface area contributed by atoms with Crippen molar-refractivity contribution in [1.29, 1.82) is 0 Å². The first-order chi connectivity index (χ1) is 29.9. The molecule has 0 aliphatic heterocycles. The SMILES string of the molecule is C=C/C=C(C=C)/C(N)=N/NN(C1=CCC=CC=C1)c1ccc(/C(C)=C/c2cc(-c3ccc(-n4c5c(c6c4C=CCC6)CCC=C5)cc3)ccc2N)cc1.NCc1ccccc1. The summed E-state index contributed by atoms with van der Waals surface area (Å²) in [5, 5.41) is 6.37. The highest BCUT2D eigenvalue weighted by atomic mass is 15.7. The molecule has 7 nitrogen and oxygen atoms in total. The van der Waals surface area contributed by atoms with Crippen LogP contribution in [0.4, 0.5) is 11.4 Å². The van der Waals surface area contributed by atoms with Gasteiger partial charge in [-0.2, -0.15) is 0 Å². The van der Waals surface area contributed by atoms with Crippen molar-refractivity contribution in [3.8, 4) is 16.8 Å². The molecule has 1 aromatic heterocycles. The van der Waals surface area contributed by atoms with Gasteiger partial charge < -0.3 is 21.8 Å². The van der Waals surface area contributed by atoms with Crippen LogP contribution in [0.15, 0.2) is 187 Å². The van der Waals surface area contributed by atoms with E-state index in [0.29, 0.717) is 18.0 Å². The number of anilines is 2. The van der Waals surface area contributed by atoms with Gasteiger partial charge in [-0.25, -0.2) is 10.5 Å². The van der Waals surface area contributed by atoms with E-state index in [4.69, 9.17) is 17.2 Å². The second kappa shape index (κ2) is 20.1. The van der Waals surface area contributed by atoms with Crippen molar-refractivity contribution in [3.63, 3.8) is 0 Å². The molecule has 0 bridgehead atoms. The highest BCUT2D eigenvalue weighted by Crippen LogP contribution is 2.36. The molecule has 0 spiro atoms.